The lowest BCUT2D eigenvalue weighted by Crippen LogP contribution is -2.50. The van der Waals surface area contributed by atoms with Crippen LogP contribution in [0, 0.1) is 46.3 Å². The molecular formula is C27H46. The first-order valence-electron chi connectivity index (χ1n) is 12.6. The molecule has 27 heavy (non-hydrogen) atoms. The largest absolute Gasteiger partial charge is 0.0845 e. The Labute approximate surface area is 170 Å². The zero-order valence-electron chi connectivity index (χ0n) is 19.0. The molecule has 3 fully saturated rings. The number of rotatable bonds is 5. The lowest BCUT2D eigenvalue weighted by molar-refractivity contribution is -0.0500. The highest BCUT2D eigenvalue weighted by atomic mass is 14.6. The van der Waals surface area contributed by atoms with E-state index in [0.717, 1.165) is 35.5 Å². The molecule has 0 heterocycles. The SMILES string of the molecule is CC(C)CCC[C@@H](C)[C@@H]1CC[C@@H]2[C@H]3CC=C4CCCC[C@]4(C)[C@@H]3CC[C@@]21C. The molecule has 0 N–H and O–H groups in total. The highest BCUT2D eigenvalue weighted by Crippen LogP contribution is 2.67. The average molecular weight is 371 g/mol. The lowest BCUT2D eigenvalue weighted by Gasteiger charge is -2.58. The van der Waals surface area contributed by atoms with E-state index in [1.807, 2.05) is 5.57 Å². The highest BCUT2D eigenvalue weighted by Gasteiger charge is 2.58. The van der Waals surface area contributed by atoms with Crippen LogP contribution in [-0.2, 0) is 0 Å². The third-order valence-electron chi connectivity index (χ3n) is 10.2. The van der Waals surface area contributed by atoms with Gasteiger partial charge in [0, 0.05) is 0 Å². The van der Waals surface area contributed by atoms with Crippen molar-refractivity contribution in [1.29, 1.82) is 0 Å². The van der Waals surface area contributed by atoms with Crippen LogP contribution < -0.4 is 0 Å². The van der Waals surface area contributed by atoms with E-state index in [1.54, 1.807) is 0 Å². The quantitative estimate of drug-likeness (QED) is 0.426. The van der Waals surface area contributed by atoms with Crippen molar-refractivity contribution in [1.82, 2.24) is 0 Å². The third-order valence-corrected chi connectivity index (χ3v) is 10.2. The summed E-state index contributed by atoms with van der Waals surface area (Å²) in [5, 5.41) is 0. The van der Waals surface area contributed by atoms with E-state index in [9.17, 15) is 0 Å². The van der Waals surface area contributed by atoms with Crippen molar-refractivity contribution in [3.05, 3.63) is 11.6 Å². The van der Waals surface area contributed by atoms with Crippen LogP contribution in [0.3, 0.4) is 0 Å². The first-order chi connectivity index (χ1) is 12.9. The Balaban J connectivity index is 1.49. The van der Waals surface area contributed by atoms with Gasteiger partial charge < -0.3 is 0 Å². The number of hydrogen-bond acceptors (Lipinski definition) is 0. The Hall–Kier alpha value is -0.260. The number of fused-ring (bicyclic) bond motifs is 5. The van der Waals surface area contributed by atoms with Gasteiger partial charge in [-0.15, -0.1) is 0 Å². The van der Waals surface area contributed by atoms with Gasteiger partial charge in [-0.1, -0.05) is 72.0 Å². The molecular weight excluding hydrogens is 324 g/mol. The fraction of sp³-hybridized carbons (Fsp3) is 0.926. The fourth-order valence-corrected chi connectivity index (χ4v) is 8.72. The molecule has 0 aliphatic heterocycles. The summed E-state index contributed by atoms with van der Waals surface area (Å²) in [6, 6.07) is 0. The van der Waals surface area contributed by atoms with Crippen LogP contribution in [0.25, 0.3) is 0 Å². The van der Waals surface area contributed by atoms with Crippen LogP contribution in [0.2, 0.25) is 0 Å². The van der Waals surface area contributed by atoms with Gasteiger partial charge in [-0.3, -0.25) is 0 Å². The van der Waals surface area contributed by atoms with E-state index in [-0.39, 0.29) is 0 Å². The maximum Gasteiger partial charge on any atom is -0.00853 e. The second kappa shape index (κ2) is 7.53. The summed E-state index contributed by atoms with van der Waals surface area (Å²) in [7, 11) is 0. The molecule has 0 spiro atoms. The van der Waals surface area contributed by atoms with Crippen molar-refractivity contribution in [2.75, 3.05) is 0 Å². The zero-order valence-corrected chi connectivity index (χ0v) is 19.0. The molecule has 7 atom stereocenters. The molecule has 154 valence electrons. The molecule has 0 heteroatoms. The van der Waals surface area contributed by atoms with E-state index in [0.29, 0.717) is 10.8 Å². The average Bonchev–Trinajstić information content (AvgIpc) is 2.98. The van der Waals surface area contributed by atoms with Gasteiger partial charge in [-0.2, -0.15) is 0 Å². The Bertz CT molecular complexity index is 556. The topological polar surface area (TPSA) is 0 Å². The lowest BCUT2D eigenvalue weighted by atomic mass is 9.47. The van der Waals surface area contributed by atoms with E-state index in [4.69, 9.17) is 0 Å². The van der Waals surface area contributed by atoms with E-state index in [1.165, 1.54) is 77.0 Å². The van der Waals surface area contributed by atoms with Crippen LogP contribution in [-0.4, -0.2) is 0 Å². The Morgan fingerprint density at radius 2 is 1.78 bits per heavy atom. The molecule has 3 saturated carbocycles. The maximum atomic E-state index is 2.74. The molecule has 4 aliphatic carbocycles. The predicted octanol–water partition coefficient (Wildman–Crippen LogP) is 8.42. The van der Waals surface area contributed by atoms with Crippen molar-refractivity contribution in [2.45, 2.75) is 112 Å². The van der Waals surface area contributed by atoms with Crippen LogP contribution in [0.15, 0.2) is 11.6 Å². The molecule has 0 nitrogen and oxygen atoms in total. The molecule has 4 rings (SSSR count). The molecule has 0 unspecified atom stereocenters. The Morgan fingerprint density at radius 1 is 0.963 bits per heavy atom. The van der Waals surface area contributed by atoms with Crippen LogP contribution in [0.1, 0.15) is 112 Å². The second-order valence-electron chi connectivity index (χ2n) is 12.0. The van der Waals surface area contributed by atoms with Crippen LogP contribution in [0.5, 0.6) is 0 Å². The van der Waals surface area contributed by atoms with Crippen LogP contribution >= 0.6 is 0 Å². The van der Waals surface area contributed by atoms with Gasteiger partial charge in [-0.05, 0) is 97.7 Å². The van der Waals surface area contributed by atoms with Gasteiger partial charge in [0.2, 0.25) is 0 Å². The summed E-state index contributed by atoms with van der Waals surface area (Å²) in [4.78, 5) is 0. The number of allylic oxidation sites excluding steroid dienone is 2. The van der Waals surface area contributed by atoms with Crippen molar-refractivity contribution >= 4 is 0 Å². The molecule has 0 aromatic rings. The summed E-state index contributed by atoms with van der Waals surface area (Å²) in [5.41, 5.74) is 3.09. The van der Waals surface area contributed by atoms with Gasteiger partial charge in [-0.25, -0.2) is 0 Å². The normalized spacial score (nSPS) is 45.0. The minimum Gasteiger partial charge on any atom is -0.0845 e. The van der Waals surface area contributed by atoms with E-state index < -0.39 is 0 Å². The van der Waals surface area contributed by atoms with E-state index in [2.05, 4.69) is 40.7 Å². The second-order valence-corrected chi connectivity index (χ2v) is 12.0. The van der Waals surface area contributed by atoms with Crippen molar-refractivity contribution in [2.24, 2.45) is 46.3 Å². The summed E-state index contributed by atoms with van der Waals surface area (Å²) in [6.07, 6.45) is 20.5. The van der Waals surface area contributed by atoms with Gasteiger partial charge in [0.15, 0.2) is 0 Å². The van der Waals surface area contributed by atoms with Crippen LogP contribution in [0.4, 0.5) is 0 Å². The van der Waals surface area contributed by atoms with Crippen molar-refractivity contribution in [3.8, 4) is 0 Å². The minimum absolute atomic E-state index is 0.573. The number of hydrogen-bond donors (Lipinski definition) is 0. The Morgan fingerprint density at radius 3 is 2.56 bits per heavy atom. The van der Waals surface area contributed by atoms with Crippen molar-refractivity contribution < 1.29 is 0 Å². The predicted molar refractivity (Wildman–Crippen MR) is 118 cm³/mol. The Kier molecular flexibility index (Phi) is 5.59. The fourth-order valence-electron chi connectivity index (χ4n) is 8.72. The highest BCUT2D eigenvalue weighted by molar-refractivity contribution is 5.24. The zero-order chi connectivity index (χ0) is 19.2. The summed E-state index contributed by atoms with van der Waals surface area (Å²) >= 11 is 0. The van der Waals surface area contributed by atoms with Crippen molar-refractivity contribution in [3.63, 3.8) is 0 Å². The molecule has 0 saturated heterocycles. The molecule has 0 radical (unpaired) electrons. The molecule has 0 bridgehead atoms. The minimum atomic E-state index is 0.573. The summed E-state index contributed by atoms with van der Waals surface area (Å²) < 4.78 is 0. The third kappa shape index (κ3) is 3.36. The monoisotopic (exact) mass is 370 g/mol. The van der Waals surface area contributed by atoms with Gasteiger partial charge >= 0.3 is 0 Å². The first kappa shape index (κ1) is 20.0. The van der Waals surface area contributed by atoms with Gasteiger partial charge in [0.05, 0.1) is 0 Å². The van der Waals surface area contributed by atoms with E-state index >= 15 is 0 Å². The maximum absolute atomic E-state index is 2.74. The first-order valence-corrected chi connectivity index (χ1v) is 12.6. The molecule has 4 aliphatic rings. The summed E-state index contributed by atoms with van der Waals surface area (Å²) in [6.45, 7) is 12.8. The van der Waals surface area contributed by atoms with Gasteiger partial charge in [0.25, 0.3) is 0 Å². The molecule has 0 aromatic heterocycles. The molecule has 0 aromatic carbocycles. The standard InChI is InChI=1S/C27H46/c1-19(2)9-8-10-20(3)23-14-15-24-22-13-12-21-11-6-7-17-26(21,4)25(22)16-18-27(23,24)5/h12,19-20,22-25H,6-11,13-18H2,1-5H3/t20-,22-,23+,24-,25-,26+,27-/m1/s1. The smallest absolute Gasteiger partial charge is 0.00853 e. The molecule has 0 amide bonds. The van der Waals surface area contributed by atoms with Gasteiger partial charge in [0.1, 0.15) is 0 Å². The summed E-state index contributed by atoms with van der Waals surface area (Å²) in [5.74, 6) is 5.84.